The highest BCUT2D eigenvalue weighted by molar-refractivity contribution is 5.95. The van der Waals surface area contributed by atoms with Crippen LogP contribution in [0.3, 0.4) is 0 Å². The minimum absolute atomic E-state index is 0.213. The molecule has 2 amide bonds. The summed E-state index contributed by atoms with van der Waals surface area (Å²) in [4.78, 5) is 29.7. The van der Waals surface area contributed by atoms with E-state index in [1.807, 2.05) is 24.0 Å². The minimum atomic E-state index is -0.247. The maximum absolute atomic E-state index is 12.0. The van der Waals surface area contributed by atoms with Gasteiger partial charge in [0.15, 0.2) is 11.3 Å². The molecule has 3 heterocycles. The summed E-state index contributed by atoms with van der Waals surface area (Å²) < 4.78 is 5.49. The number of aryl methyl sites for hydroxylation is 1. The number of hydrogen-bond acceptors (Lipinski definition) is 4. The van der Waals surface area contributed by atoms with Crippen LogP contribution < -0.4 is 5.32 Å². The van der Waals surface area contributed by atoms with E-state index in [1.165, 1.54) is 0 Å². The molecule has 6 nitrogen and oxygen atoms in total. The third-order valence-corrected chi connectivity index (χ3v) is 3.80. The third-order valence-electron chi connectivity index (χ3n) is 3.80. The van der Waals surface area contributed by atoms with E-state index in [4.69, 9.17) is 4.42 Å². The molecular formula is C16H19N3O3. The van der Waals surface area contributed by atoms with Crippen LogP contribution in [0.5, 0.6) is 0 Å². The Hall–Kier alpha value is -2.37. The number of carbonyl (C=O) groups is 2. The van der Waals surface area contributed by atoms with E-state index in [9.17, 15) is 9.59 Å². The molecule has 0 saturated carbocycles. The fourth-order valence-corrected chi connectivity index (χ4v) is 2.64. The standard InChI is InChI=1S/C16H19N3O3/c1-11-5-6-13-12(18-11)10-14(22-13)16(21)17-7-3-9-19-8-2-4-15(19)20/h5-6,10H,2-4,7-9H2,1H3,(H,17,21). The van der Waals surface area contributed by atoms with Crippen LogP contribution in [-0.4, -0.2) is 41.3 Å². The van der Waals surface area contributed by atoms with E-state index in [2.05, 4.69) is 10.3 Å². The number of carbonyl (C=O) groups excluding carboxylic acids is 2. The Balaban J connectivity index is 1.51. The summed E-state index contributed by atoms with van der Waals surface area (Å²) in [5.74, 6) is 0.235. The lowest BCUT2D eigenvalue weighted by Gasteiger charge is -2.14. The van der Waals surface area contributed by atoms with E-state index in [1.54, 1.807) is 6.07 Å². The summed E-state index contributed by atoms with van der Waals surface area (Å²) in [5.41, 5.74) is 2.18. The van der Waals surface area contributed by atoms with Gasteiger partial charge in [0, 0.05) is 37.8 Å². The number of rotatable bonds is 5. The Morgan fingerprint density at radius 1 is 1.45 bits per heavy atom. The van der Waals surface area contributed by atoms with E-state index in [-0.39, 0.29) is 17.6 Å². The molecule has 22 heavy (non-hydrogen) atoms. The van der Waals surface area contributed by atoms with E-state index in [0.717, 1.165) is 25.1 Å². The van der Waals surface area contributed by atoms with Crippen molar-refractivity contribution < 1.29 is 14.0 Å². The Morgan fingerprint density at radius 2 is 2.32 bits per heavy atom. The minimum Gasteiger partial charge on any atom is -0.449 e. The summed E-state index contributed by atoms with van der Waals surface area (Å²) in [5, 5.41) is 2.81. The van der Waals surface area contributed by atoms with Crippen LogP contribution in [0.4, 0.5) is 0 Å². The van der Waals surface area contributed by atoms with Gasteiger partial charge in [0.2, 0.25) is 5.91 Å². The van der Waals surface area contributed by atoms with E-state index < -0.39 is 0 Å². The predicted molar refractivity (Wildman–Crippen MR) is 81.5 cm³/mol. The smallest absolute Gasteiger partial charge is 0.287 e. The fraction of sp³-hybridized carbons (Fsp3) is 0.438. The Bertz CT molecular complexity index is 708. The monoisotopic (exact) mass is 301 g/mol. The third kappa shape index (κ3) is 3.10. The van der Waals surface area contributed by atoms with Crippen molar-refractivity contribution >= 4 is 22.9 Å². The Labute approximate surface area is 128 Å². The Morgan fingerprint density at radius 3 is 3.09 bits per heavy atom. The molecule has 6 heteroatoms. The highest BCUT2D eigenvalue weighted by atomic mass is 16.3. The quantitative estimate of drug-likeness (QED) is 0.856. The number of nitrogens with zero attached hydrogens (tertiary/aromatic N) is 2. The maximum Gasteiger partial charge on any atom is 0.287 e. The number of aromatic nitrogens is 1. The number of likely N-dealkylation sites (tertiary alicyclic amines) is 1. The second-order valence-corrected chi connectivity index (χ2v) is 5.54. The van der Waals surface area contributed by atoms with Crippen molar-refractivity contribution in [3.05, 3.63) is 29.7 Å². The molecule has 2 aromatic rings. The molecule has 0 aromatic carbocycles. The van der Waals surface area contributed by atoms with E-state index >= 15 is 0 Å². The molecule has 1 aliphatic heterocycles. The Kier molecular flexibility index (Phi) is 4.09. The number of amides is 2. The average Bonchev–Trinajstić information content (AvgIpc) is 3.09. The van der Waals surface area contributed by atoms with Crippen molar-refractivity contribution in [3.63, 3.8) is 0 Å². The molecule has 1 aliphatic rings. The topological polar surface area (TPSA) is 75.4 Å². The molecule has 0 unspecified atom stereocenters. The first-order chi connectivity index (χ1) is 10.6. The molecule has 3 rings (SSSR count). The van der Waals surface area contributed by atoms with Crippen molar-refractivity contribution in [1.29, 1.82) is 0 Å². The zero-order chi connectivity index (χ0) is 15.5. The summed E-state index contributed by atoms with van der Waals surface area (Å²) >= 11 is 0. The average molecular weight is 301 g/mol. The van der Waals surface area contributed by atoms with Crippen molar-refractivity contribution in [3.8, 4) is 0 Å². The normalized spacial score (nSPS) is 14.8. The molecule has 0 atom stereocenters. The fourth-order valence-electron chi connectivity index (χ4n) is 2.64. The van der Waals surface area contributed by atoms with Crippen molar-refractivity contribution in [1.82, 2.24) is 15.2 Å². The van der Waals surface area contributed by atoms with Crippen molar-refractivity contribution in [2.24, 2.45) is 0 Å². The first-order valence-corrected chi connectivity index (χ1v) is 7.56. The van der Waals surface area contributed by atoms with Crippen LogP contribution in [0, 0.1) is 6.92 Å². The zero-order valence-corrected chi connectivity index (χ0v) is 12.6. The van der Waals surface area contributed by atoms with Gasteiger partial charge >= 0.3 is 0 Å². The summed E-state index contributed by atoms with van der Waals surface area (Å²) in [6.07, 6.45) is 2.34. The number of pyridine rings is 1. The first-order valence-electron chi connectivity index (χ1n) is 7.56. The highest BCUT2D eigenvalue weighted by Gasteiger charge is 2.19. The van der Waals surface area contributed by atoms with Gasteiger partial charge in [-0.05, 0) is 31.9 Å². The second-order valence-electron chi connectivity index (χ2n) is 5.54. The van der Waals surface area contributed by atoms with Crippen LogP contribution in [0.25, 0.3) is 11.1 Å². The van der Waals surface area contributed by atoms with Gasteiger partial charge in [-0.25, -0.2) is 4.98 Å². The number of nitrogens with one attached hydrogen (secondary N) is 1. The second kappa shape index (κ2) is 6.17. The van der Waals surface area contributed by atoms with Gasteiger partial charge in [0.1, 0.15) is 5.52 Å². The molecule has 0 aliphatic carbocycles. The van der Waals surface area contributed by atoms with Crippen LogP contribution in [0.1, 0.15) is 35.5 Å². The van der Waals surface area contributed by atoms with Gasteiger partial charge in [-0.3, -0.25) is 9.59 Å². The van der Waals surface area contributed by atoms with Gasteiger partial charge < -0.3 is 14.6 Å². The van der Waals surface area contributed by atoms with Crippen molar-refractivity contribution in [2.75, 3.05) is 19.6 Å². The molecule has 116 valence electrons. The van der Waals surface area contributed by atoms with Gasteiger partial charge in [-0.1, -0.05) is 0 Å². The first kappa shape index (κ1) is 14.6. The van der Waals surface area contributed by atoms with Crippen LogP contribution in [-0.2, 0) is 4.79 Å². The lowest BCUT2D eigenvalue weighted by atomic mass is 10.3. The predicted octanol–water partition coefficient (Wildman–Crippen LogP) is 1.88. The molecule has 1 saturated heterocycles. The molecule has 0 spiro atoms. The van der Waals surface area contributed by atoms with Crippen molar-refractivity contribution in [2.45, 2.75) is 26.2 Å². The van der Waals surface area contributed by atoms with Crippen LogP contribution >= 0.6 is 0 Å². The maximum atomic E-state index is 12.0. The SMILES string of the molecule is Cc1ccc2oc(C(=O)NCCCN3CCCC3=O)cc2n1. The number of fused-ring (bicyclic) bond motifs is 1. The largest absolute Gasteiger partial charge is 0.449 e. The lowest BCUT2D eigenvalue weighted by Crippen LogP contribution is -2.30. The number of hydrogen-bond donors (Lipinski definition) is 1. The molecular weight excluding hydrogens is 282 g/mol. The van der Waals surface area contributed by atoms with Crippen LogP contribution in [0.15, 0.2) is 22.6 Å². The molecule has 1 N–H and O–H groups in total. The van der Waals surface area contributed by atoms with Crippen LogP contribution in [0.2, 0.25) is 0 Å². The number of furan rings is 1. The molecule has 0 bridgehead atoms. The summed E-state index contributed by atoms with van der Waals surface area (Å²) in [6.45, 7) is 3.94. The van der Waals surface area contributed by atoms with Gasteiger partial charge in [-0.2, -0.15) is 0 Å². The summed E-state index contributed by atoms with van der Waals surface area (Å²) in [6, 6.07) is 5.32. The van der Waals surface area contributed by atoms with E-state index in [0.29, 0.717) is 30.6 Å². The lowest BCUT2D eigenvalue weighted by molar-refractivity contribution is -0.127. The molecule has 2 aromatic heterocycles. The summed E-state index contributed by atoms with van der Waals surface area (Å²) in [7, 11) is 0. The van der Waals surface area contributed by atoms with Gasteiger partial charge in [0.05, 0.1) is 0 Å². The molecule has 1 fully saturated rings. The molecule has 0 radical (unpaired) electrons. The highest BCUT2D eigenvalue weighted by Crippen LogP contribution is 2.17. The van der Waals surface area contributed by atoms with Gasteiger partial charge in [-0.15, -0.1) is 0 Å². The zero-order valence-electron chi connectivity index (χ0n) is 12.6. The van der Waals surface area contributed by atoms with Gasteiger partial charge in [0.25, 0.3) is 5.91 Å².